The normalized spacial score (nSPS) is 25.6. The average Bonchev–Trinajstić information content (AvgIpc) is 2.45. The molecule has 90 valence electrons. The maximum atomic E-state index is 9.13. The monoisotopic (exact) mass is 216 g/mol. The quantitative estimate of drug-likeness (QED) is 0.704. The van der Waals surface area contributed by atoms with Gasteiger partial charge in [-0.3, -0.25) is 4.90 Å². The minimum Gasteiger partial charge on any atom is -0.394 e. The lowest BCUT2D eigenvalue weighted by Crippen LogP contribution is -2.47. The summed E-state index contributed by atoms with van der Waals surface area (Å²) in [5.74, 6) is 0. The van der Waals surface area contributed by atoms with E-state index in [2.05, 4.69) is 11.8 Å². The molecule has 0 aromatic rings. The SMILES string of the molecule is CC(CC(C)(N)CO)N1CCCOCC1. The van der Waals surface area contributed by atoms with E-state index in [1.807, 2.05) is 6.92 Å². The Balaban J connectivity index is 2.40. The molecule has 0 radical (unpaired) electrons. The van der Waals surface area contributed by atoms with Crippen LogP contribution in [-0.4, -0.2) is 54.5 Å². The van der Waals surface area contributed by atoms with Gasteiger partial charge in [-0.2, -0.15) is 0 Å². The van der Waals surface area contributed by atoms with Crippen molar-refractivity contribution < 1.29 is 9.84 Å². The molecule has 0 spiro atoms. The number of hydrogen-bond donors (Lipinski definition) is 2. The van der Waals surface area contributed by atoms with Gasteiger partial charge >= 0.3 is 0 Å². The first kappa shape index (κ1) is 12.9. The Bertz CT molecular complexity index is 177. The Morgan fingerprint density at radius 1 is 1.47 bits per heavy atom. The molecule has 1 fully saturated rings. The van der Waals surface area contributed by atoms with Crippen LogP contribution in [0.5, 0.6) is 0 Å². The molecule has 0 saturated carbocycles. The van der Waals surface area contributed by atoms with Gasteiger partial charge in [-0.05, 0) is 26.7 Å². The highest BCUT2D eigenvalue weighted by Gasteiger charge is 2.24. The molecule has 1 aliphatic heterocycles. The van der Waals surface area contributed by atoms with Crippen molar-refractivity contribution in [3.63, 3.8) is 0 Å². The van der Waals surface area contributed by atoms with Crippen LogP contribution in [0.25, 0.3) is 0 Å². The first-order valence-corrected chi connectivity index (χ1v) is 5.77. The van der Waals surface area contributed by atoms with E-state index in [1.165, 1.54) is 0 Å². The molecule has 1 heterocycles. The predicted octanol–water partition coefficient (Wildman–Crippen LogP) is 0.197. The van der Waals surface area contributed by atoms with Crippen molar-refractivity contribution in [1.29, 1.82) is 0 Å². The van der Waals surface area contributed by atoms with Crippen LogP contribution in [-0.2, 0) is 4.74 Å². The van der Waals surface area contributed by atoms with E-state index in [0.29, 0.717) is 6.04 Å². The summed E-state index contributed by atoms with van der Waals surface area (Å²) in [6.07, 6.45) is 1.91. The number of rotatable bonds is 4. The Hall–Kier alpha value is -0.160. The standard InChI is InChI=1S/C11H24N2O2/c1-10(8-11(2,12)9-14)13-4-3-6-15-7-5-13/h10,14H,3-9,12H2,1-2H3. The van der Waals surface area contributed by atoms with Crippen molar-refractivity contribution in [2.45, 2.75) is 38.3 Å². The van der Waals surface area contributed by atoms with Gasteiger partial charge in [0.05, 0.1) is 13.2 Å². The zero-order valence-corrected chi connectivity index (χ0v) is 9.91. The summed E-state index contributed by atoms with van der Waals surface area (Å²) in [6, 6.07) is 0.411. The maximum Gasteiger partial charge on any atom is 0.0609 e. The summed E-state index contributed by atoms with van der Waals surface area (Å²) >= 11 is 0. The van der Waals surface area contributed by atoms with Gasteiger partial charge in [0, 0.05) is 31.3 Å². The molecule has 0 aliphatic carbocycles. The minimum atomic E-state index is -0.466. The molecule has 0 amide bonds. The highest BCUT2D eigenvalue weighted by molar-refractivity contribution is 4.84. The third-order valence-corrected chi connectivity index (χ3v) is 3.00. The fraction of sp³-hybridized carbons (Fsp3) is 1.00. The summed E-state index contributed by atoms with van der Waals surface area (Å²) in [7, 11) is 0. The lowest BCUT2D eigenvalue weighted by Gasteiger charge is -2.33. The molecule has 2 unspecified atom stereocenters. The van der Waals surface area contributed by atoms with Gasteiger partial charge in [-0.1, -0.05) is 0 Å². The maximum absolute atomic E-state index is 9.13. The second kappa shape index (κ2) is 5.80. The Morgan fingerprint density at radius 3 is 2.87 bits per heavy atom. The summed E-state index contributed by atoms with van der Waals surface area (Å²) in [5, 5.41) is 9.13. The van der Waals surface area contributed by atoms with Gasteiger partial charge in [0.1, 0.15) is 0 Å². The van der Waals surface area contributed by atoms with Crippen LogP contribution in [0.15, 0.2) is 0 Å². The first-order chi connectivity index (χ1) is 7.05. The second-order valence-electron chi connectivity index (χ2n) is 4.87. The molecule has 0 aromatic carbocycles. The smallest absolute Gasteiger partial charge is 0.0609 e. The largest absolute Gasteiger partial charge is 0.394 e. The van der Waals surface area contributed by atoms with E-state index >= 15 is 0 Å². The molecule has 3 N–H and O–H groups in total. The number of hydrogen-bond acceptors (Lipinski definition) is 4. The summed E-state index contributed by atoms with van der Waals surface area (Å²) in [4.78, 5) is 2.40. The summed E-state index contributed by atoms with van der Waals surface area (Å²) in [6.45, 7) is 7.84. The Morgan fingerprint density at radius 2 is 2.20 bits per heavy atom. The fourth-order valence-electron chi connectivity index (χ4n) is 2.07. The minimum absolute atomic E-state index is 0.0433. The highest BCUT2D eigenvalue weighted by atomic mass is 16.5. The van der Waals surface area contributed by atoms with Crippen molar-refractivity contribution in [3.05, 3.63) is 0 Å². The van der Waals surface area contributed by atoms with Crippen LogP contribution in [0.3, 0.4) is 0 Å². The first-order valence-electron chi connectivity index (χ1n) is 5.77. The predicted molar refractivity (Wildman–Crippen MR) is 60.8 cm³/mol. The lowest BCUT2D eigenvalue weighted by atomic mass is 9.95. The van der Waals surface area contributed by atoms with Crippen LogP contribution in [0.4, 0.5) is 0 Å². The third-order valence-electron chi connectivity index (χ3n) is 3.00. The van der Waals surface area contributed by atoms with E-state index in [-0.39, 0.29) is 6.61 Å². The van der Waals surface area contributed by atoms with Gasteiger partial charge in [0.2, 0.25) is 0 Å². The van der Waals surface area contributed by atoms with Crippen molar-refractivity contribution in [2.24, 2.45) is 5.73 Å². The molecule has 4 heteroatoms. The van der Waals surface area contributed by atoms with Gasteiger partial charge in [0.25, 0.3) is 0 Å². The van der Waals surface area contributed by atoms with E-state index in [4.69, 9.17) is 15.6 Å². The highest BCUT2D eigenvalue weighted by Crippen LogP contribution is 2.14. The van der Waals surface area contributed by atoms with Crippen molar-refractivity contribution in [3.8, 4) is 0 Å². The van der Waals surface area contributed by atoms with E-state index < -0.39 is 5.54 Å². The lowest BCUT2D eigenvalue weighted by molar-refractivity contribution is 0.117. The molecular weight excluding hydrogens is 192 g/mol. The molecule has 4 nitrogen and oxygen atoms in total. The number of nitrogens with zero attached hydrogens (tertiary/aromatic N) is 1. The second-order valence-corrected chi connectivity index (χ2v) is 4.87. The van der Waals surface area contributed by atoms with Crippen LogP contribution in [0.2, 0.25) is 0 Å². The van der Waals surface area contributed by atoms with Gasteiger partial charge in [-0.25, -0.2) is 0 Å². The number of aliphatic hydroxyl groups excluding tert-OH is 1. The molecule has 0 bridgehead atoms. The average molecular weight is 216 g/mol. The van der Waals surface area contributed by atoms with Crippen LogP contribution >= 0.6 is 0 Å². The van der Waals surface area contributed by atoms with Crippen molar-refractivity contribution in [1.82, 2.24) is 4.90 Å². The summed E-state index contributed by atoms with van der Waals surface area (Å²) in [5.41, 5.74) is 5.49. The summed E-state index contributed by atoms with van der Waals surface area (Å²) < 4.78 is 5.41. The molecule has 1 aliphatic rings. The number of ether oxygens (including phenoxy) is 1. The van der Waals surface area contributed by atoms with Crippen LogP contribution in [0, 0.1) is 0 Å². The van der Waals surface area contributed by atoms with E-state index in [1.54, 1.807) is 0 Å². The zero-order valence-electron chi connectivity index (χ0n) is 9.91. The van der Waals surface area contributed by atoms with Gasteiger partial charge in [-0.15, -0.1) is 0 Å². The van der Waals surface area contributed by atoms with E-state index in [9.17, 15) is 0 Å². The fourth-order valence-corrected chi connectivity index (χ4v) is 2.07. The topological polar surface area (TPSA) is 58.7 Å². The molecule has 2 atom stereocenters. The Kier molecular flexibility index (Phi) is 4.99. The molecular formula is C11H24N2O2. The zero-order chi connectivity index (χ0) is 11.3. The van der Waals surface area contributed by atoms with Crippen LogP contribution < -0.4 is 5.73 Å². The van der Waals surface area contributed by atoms with Crippen molar-refractivity contribution >= 4 is 0 Å². The van der Waals surface area contributed by atoms with Gasteiger partial charge < -0.3 is 15.6 Å². The molecule has 15 heavy (non-hydrogen) atoms. The molecule has 1 saturated heterocycles. The number of nitrogens with two attached hydrogens (primary N) is 1. The van der Waals surface area contributed by atoms with Gasteiger partial charge in [0.15, 0.2) is 0 Å². The van der Waals surface area contributed by atoms with Crippen LogP contribution in [0.1, 0.15) is 26.7 Å². The molecule has 1 rings (SSSR count). The van der Waals surface area contributed by atoms with E-state index in [0.717, 1.165) is 39.1 Å². The Labute approximate surface area is 92.4 Å². The third kappa shape index (κ3) is 4.47. The molecule has 0 aromatic heterocycles. The van der Waals surface area contributed by atoms with Crippen molar-refractivity contribution in [2.75, 3.05) is 32.9 Å². The number of aliphatic hydroxyl groups is 1.